The maximum absolute atomic E-state index is 4.55. The number of hydrogen-bond acceptors (Lipinski definition) is 3. The Morgan fingerprint density at radius 3 is 2.80 bits per heavy atom. The Morgan fingerprint density at radius 1 is 1.15 bits per heavy atom. The summed E-state index contributed by atoms with van der Waals surface area (Å²) in [4.78, 5) is 4.55. The van der Waals surface area contributed by atoms with E-state index >= 15 is 0 Å². The zero-order chi connectivity index (χ0) is 13.9. The maximum Gasteiger partial charge on any atom is 0.0767 e. The van der Waals surface area contributed by atoms with Crippen molar-refractivity contribution in [3.63, 3.8) is 0 Å². The largest absolute Gasteiger partial charge is 0.308 e. The molecule has 2 heterocycles. The van der Waals surface area contributed by atoms with E-state index in [0.717, 1.165) is 23.1 Å². The van der Waals surface area contributed by atoms with Crippen LogP contribution in [0.4, 0.5) is 0 Å². The summed E-state index contributed by atoms with van der Waals surface area (Å²) < 4.78 is 2.02. The monoisotopic (exact) mass is 266 g/mol. The van der Waals surface area contributed by atoms with Crippen LogP contribution in [0.1, 0.15) is 24.2 Å². The molecule has 0 amide bonds. The molecule has 0 radical (unpaired) electrons. The van der Waals surface area contributed by atoms with Crippen molar-refractivity contribution in [3.05, 3.63) is 60.0 Å². The fourth-order valence-electron chi connectivity index (χ4n) is 2.68. The van der Waals surface area contributed by atoms with Gasteiger partial charge in [-0.3, -0.25) is 9.67 Å². The molecule has 0 bridgehead atoms. The van der Waals surface area contributed by atoms with Crippen LogP contribution in [0.25, 0.3) is 10.9 Å². The van der Waals surface area contributed by atoms with E-state index < -0.39 is 0 Å². The lowest BCUT2D eigenvalue weighted by atomic mass is 10.00. The van der Waals surface area contributed by atoms with Crippen LogP contribution in [0, 0.1) is 0 Å². The van der Waals surface area contributed by atoms with Gasteiger partial charge in [0, 0.05) is 29.9 Å². The minimum absolute atomic E-state index is 0.0936. The highest BCUT2D eigenvalue weighted by Crippen LogP contribution is 2.27. The quantitative estimate of drug-likeness (QED) is 0.789. The molecule has 1 atom stereocenters. The number of nitrogens with zero attached hydrogens (tertiary/aromatic N) is 3. The number of nitrogens with one attached hydrogen (secondary N) is 1. The molecular formula is C16H18N4. The zero-order valence-corrected chi connectivity index (χ0v) is 11.7. The SMILES string of the molecule is CCn1nccc1C(NC)c1cccc2cccnc12. The van der Waals surface area contributed by atoms with E-state index in [0.29, 0.717) is 0 Å². The molecule has 2 aromatic heterocycles. The van der Waals surface area contributed by atoms with Gasteiger partial charge in [-0.05, 0) is 26.1 Å². The summed E-state index contributed by atoms with van der Waals surface area (Å²) in [5.41, 5.74) is 3.38. The van der Waals surface area contributed by atoms with Crippen molar-refractivity contribution in [3.8, 4) is 0 Å². The van der Waals surface area contributed by atoms with Crippen LogP contribution in [0.15, 0.2) is 48.8 Å². The molecule has 0 aliphatic carbocycles. The zero-order valence-electron chi connectivity index (χ0n) is 11.7. The average Bonchev–Trinajstić information content (AvgIpc) is 2.97. The van der Waals surface area contributed by atoms with E-state index in [1.165, 1.54) is 5.56 Å². The molecular weight excluding hydrogens is 248 g/mol. The highest BCUT2D eigenvalue weighted by molar-refractivity contribution is 5.82. The van der Waals surface area contributed by atoms with Gasteiger partial charge in [0.25, 0.3) is 0 Å². The average molecular weight is 266 g/mol. The number of benzene rings is 1. The highest BCUT2D eigenvalue weighted by atomic mass is 15.3. The summed E-state index contributed by atoms with van der Waals surface area (Å²) in [5.74, 6) is 0. The van der Waals surface area contributed by atoms with E-state index in [2.05, 4.69) is 52.7 Å². The standard InChI is InChI=1S/C16H18N4/c1-3-20-14(9-11-19-20)16(17-2)13-8-4-6-12-7-5-10-18-15(12)13/h4-11,16-17H,3H2,1-2H3. The maximum atomic E-state index is 4.55. The summed E-state index contributed by atoms with van der Waals surface area (Å²) in [6.07, 6.45) is 3.69. The number of aryl methyl sites for hydroxylation is 1. The highest BCUT2D eigenvalue weighted by Gasteiger charge is 2.18. The molecule has 0 saturated heterocycles. The molecule has 1 N–H and O–H groups in total. The molecule has 0 fully saturated rings. The molecule has 0 saturated carbocycles. The second-order valence-electron chi connectivity index (χ2n) is 4.72. The second-order valence-corrected chi connectivity index (χ2v) is 4.72. The fraction of sp³-hybridized carbons (Fsp3) is 0.250. The molecule has 0 aliphatic rings. The van der Waals surface area contributed by atoms with E-state index in [1.54, 1.807) is 0 Å². The normalized spacial score (nSPS) is 12.7. The predicted molar refractivity (Wildman–Crippen MR) is 80.5 cm³/mol. The molecule has 102 valence electrons. The summed E-state index contributed by atoms with van der Waals surface area (Å²) in [6.45, 7) is 2.96. The summed E-state index contributed by atoms with van der Waals surface area (Å²) in [7, 11) is 1.97. The van der Waals surface area contributed by atoms with Crippen molar-refractivity contribution in [1.29, 1.82) is 0 Å². The van der Waals surface area contributed by atoms with Crippen LogP contribution < -0.4 is 5.32 Å². The van der Waals surface area contributed by atoms with Crippen LogP contribution in [-0.2, 0) is 6.54 Å². The van der Waals surface area contributed by atoms with E-state index in [9.17, 15) is 0 Å². The van der Waals surface area contributed by atoms with E-state index in [-0.39, 0.29) is 6.04 Å². The lowest BCUT2D eigenvalue weighted by Gasteiger charge is -2.19. The molecule has 0 spiro atoms. The Labute approximate surface area is 118 Å². The number of fused-ring (bicyclic) bond motifs is 1. The Morgan fingerprint density at radius 2 is 2.00 bits per heavy atom. The first-order valence-corrected chi connectivity index (χ1v) is 6.87. The van der Waals surface area contributed by atoms with Gasteiger partial charge in [-0.15, -0.1) is 0 Å². The van der Waals surface area contributed by atoms with Gasteiger partial charge >= 0.3 is 0 Å². The van der Waals surface area contributed by atoms with E-state index in [1.807, 2.05) is 30.2 Å². The van der Waals surface area contributed by atoms with Gasteiger partial charge in [-0.2, -0.15) is 5.10 Å². The van der Waals surface area contributed by atoms with Crippen LogP contribution in [0.3, 0.4) is 0 Å². The Kier molecular flexibility index (Phi) is 3.48. The third-order valence-corrected chi connectivity index (χ3v) is 3.61. The van der Waals surface area contributed by atoms with Crippen LogP contribution in [0.5, 0.6) is 0 Å². The molecule has 1 aromatic carbocycles. The summed E-state index contributed by atoms with van der Waals surface area (Å²) in [5, 5.41) is 8.91. The second kappa shape index (κ2) is 5.43. The first-order valence-electron chi connectivity index (χ1n) is 6.87. The molecule has 4 heteroatoms. The Balaban J connectivity index is 2.17. The first-order chi connectivity index (χ1) is 9.85. The number of pyridine rings is 1. The number of hydrogen-bond donors (Lipinski definition) is 1. The van der Waals surface area contributed by atoms with E-state index in [4.69, 9.17) is 0 Å². The minimum atomic E-state index is 0.0936. The van der Waals surface area contributed by atoms with Crippen molar-refractivity contribution in [2.45, 2.75) is 19.5 Å². The van der Waals surface area contributed by atoms with Gasteiger partial charge < -0.3 is 5.32 Å². The van der Waals surface area contributed by atoms with Crippen molar-refractivity contribution >= 4 is 10.9 Å². The minimum Gasteiger partial charge on any atom is -0.308 e. The number of rotatable bonds is 4. The van der Waals surface area contributed by atoms with Gasteiger partial charge in [0.2, 0.25) is 0 Å². The summed E-state index contributed by atoms with van der Waals surface area (Å²) >= 11 is 0. The third kappa shape index (κ3) is 2.08. The predicted octanol–water partition coefficient (Wildman–Crippen LogP) is 2.76. The Bertz CT molecular complexity index is 712. The first kappa shape index (κ1) is 12.8. The van der Waals surface area contributed by atoms with Gasteiger partial charge in [-0.1, -0.05) is 24.3 Å². The number of aromatic nitrogens is 3. The third-order valence-electron chi connectivity index (χ3n) is 3.61. The van der Waals surface area contributed by atoms with Crippen LogP contribution >= 0.6 is 0 Å². The smallest absolute Gasteiger partial charge is 0.0767 e. The van der Waals surface area contributed by atoms with Crippen molar-refractivity contribution in [1.82, 2.24) is 20.1 Å². The van der Waals surface area contributed by atoms with Gasteiger partial charge in [0.05, 0.1) is 17.3 Å². The topological polar surface area (TPSA) is 42.7 Å². The number of para-hydroxylation sites is 1. The molecule has 3 aromatic rings. The molecule has 4 nitrogen and oxygen atoms in total. The molecule has 1 unspecified atom stereocenters. The van der Waals surface area contributed by atoms with Gasteiger partial charge in [0.15, 0.2) is 0 Å². The fourth-order valence-corrected chi connectivity index (χ4v) is 2.68. The lowest BCUT2D eigenvalue weighted by molar-refractivity contribution is 0.565. The lowest BCUT2D eigenvalue weighted by Crippen LogP contribution is -2.21. The van der Waals surface area contributed by atoms with Crippen LogP contribution in [-0.4, -0.2) is 21.8 Å². The molecule has 0 aliphatic heterocycles. The van der Waals surface area contributed by atoms with Crippen LogP contribution in [0.2, 0.25) is 0 Å². The van der Waals surface area contributed by atoms with Gasteiger partial charge in [-0.25, -0.2) is 0 Å². The van der Waals surface area contributed by atoms with Gasteiger partial charge in [0.1, 0.15) is 0 Å². The Hall–Kier alpha value is -2.20. The van der Waals surface area contributed by atoms with Crippen molar-refractivity contribution in [2.75, 3.05) is 7.05 Å². The molecule has 20 heavy (non-hydrogen) atoms. The molecule has 3 rings (SSSR count). The van der Waals surface area contributed by atoms with Crippen molar-refractivity contribution in [2.24, 2.45) is 0 Å². The van der Waals surface area contributed by atoms with Crippen molar-refractivity contribution < 1.29 is 0 Å². The summed E-state index contributed by atoms with van der Waals surface area (Å²) in [6, 6.07) is 12.5.